The lowest BCUT2D eigenvalue weighted by atomic mass is 10.1. The summed E-state index contributed by atoms with van der Waals surface area (Å²) in [5.74, 6) is 0. The van der Waals surface area contributed by atoms with Gasteiger partial charge in [0.05, 0.1) is 12.7 Å². The van der Waals surface area contributed by atoms with Crippen LogP contribution in [0.2, 0.25) is 5.02 Å². The molecule has 1 aliphatic rings. The Bertz CT molecular complexity index is 308. The molecular formula is C11H14ClNO. The van der Waals surface area contributed by atoms with Gasteiger partial charge >= 0.3 is 0 Å². The summed E-state index contributed by atoms with van der Waals surface area (Å²) in [6, 6.07) is 8.28. The number of benzene rings is 1. The van der Waals surface area contributed by atoms with Gasteiger partial charge in [0.2, 0.25) is 0 Å². The Balaban J connectivity index is 2.12. The van der Waals surface area contributed by atoms with Gasteiger partial charge in [-0.15, -0.1) is 0 Å². The molecule has 2 nitrogen and oxygen atoms in total. The van der Waals surface area contributed by atoms with Gasteiger partial charge in [0, 0.05) is 23.2 Å². The van der Waals surface area contributed by atoms with E-state index in [0.717, 1.165) is 23.7 Å². The van der Waals surface area contributed by atoms with E-state index in [1.165, 1.54) is 0 Å². The monoisotopic (exact) mass is 211 g/mol. The third kappa shape index (κ3) is 2.08. The molecule has 1 N–H and O–H groups in total. The molecule has 0 saturated carbocycles. The fourth-order valence-electron chi connectivity index (χ4n) is 1.62. The fraction of sp³-hybridized carbons (Fsp3) is 0.455. The number of ether oxygens (including phenoxy) is 1. The lowest BCUT2D eigenvalue weighted by Gasteiger charge is -2.28. The Morgan fingerprint density at radius 1 is 1.43 bits per heavy atom. The van der Waals surface area contributed by atoms with Crippen LogP contribution in [0.25, 0.3) is 0 Å². The summed E-state index contributed by atoms with van der Waals surface area (Å²) in [6.07, 6.45) is 0.0971. The van der Waals surface area contributed by atoms with Gasteiger partial charge in [-0.3, -0.25) is 0 Å². The Labute approximate surface area is 89.2 Å². The Morgan fingerprint density at radius 2 is 2.21 bits per heavy atom. The van der Waals surface area contributed by atoms with E-state index in [2.05, 4.69) is 12.2 Å². The zero-order valence-electron chi connectivity index (χ0n) is 8.16. The van der Waals surface area contributed by atoms with Crippen molar-refractivity contribution in [3.63, 3.8) is 0 Å². The Hall–Kier alpha value is -0.570. The molecule has 0 spiro atoms. The molecule has 1 aromatic carbocycles. The maximum Gasteiger partial charge on any atom is 0.0964 e. The number of hydrogen-bond donors (Lipinski definition) is 1. The van der Waals surface area contributed by atoms with Gasteiger partial charge in [-0.05, 0) is 13.0 Å². The van der Waals surface area contributed by atoms with Crippen molar-refractivity contribution in [2.75, 3.05) is 13.2 Å². The number of halogens is 1. The summed E-state index contributed by atoms with van der Waals surface area (Å²) < 4.78 is 5.71. The molecule has 0 aromatic heterocycles. The molecule has 1 aliphatic heterocycles. The molecule has 0 aliphatic carbocycles. The minimum Gasteiger partial charge on any atom is -0.371 e. The summed E-state index contributed by atoms with van der Waals surface area (Å²) in [6.45, 7) is 3.70. The molecule has 1 saturated heterocycles. The van der Waals surface area contributed by atoms with Crippen molar-refractivity contribution in [2.24, 2.45) is 0 Å². The van der Waals surface area contributed by atoms with Crippen LogP contribution in [0.3, 0.4) is 0 Å². The quantitative estimate of drug-likeness (QED) is 0.770. The predicted octanol–water partition coefficient (Wildman–Crippen LogP) is 2.39. The molecule has 1 fully saturated rings. The summed E-state index contributed by atoms with van der Waals surface area (Å²) in [7, 11) is 0. The van der Waals surface area contributed by atoms with Crippen molar-refractivity contribution in [2.45, 2.75) is 19.1 Å². The van der Waals surface area contributed by atoms with Crippen LogP contribution in [-0.4, -0.2) is 19.2 Å². The Kier molecular flexibility index (Phi) is 3.06. The molecule has 0 radical (unpaired) electrons. The Morgan fingerprint density at radius 3 is 2.86 bits per heavy atom. The summed E-state index contributed by atoms with van der Waals surface area (Å²) >= 11 is 6.09. The van der Waals surface area contributed by atoms with Crippen molar-refractivity contribution < 1.29 is 4.74 Å². The van der Waals surface area contributed by atoms with Crippen LogP contribution in [-0.2, 0) is 4.74 Å². The highest BCUT2D eigenvalue weighted by Gasteiger charge is 2.20. The normalized spacial score (nSPS) is 27.6. The van der Waals surface area contributed by atoms with E-state index in [9.17, 15) is 0 Å². The fourth-order valence-corrected chi connectivity index (χ4v) is 1.88. The van der Waals surface area contributed by atoms with Crippen molar-refractivity contribution in [3.05, 3.63) is 34.9 Å². The van der Waals surface area contributed by atoms with Crippen LogP contribution in [0.5, 0.6) is 0 Å². The summed E-state index contributed by atoms with van der Waals surface area (Å²) in [4.78, 5) is 0. The van der Waals surface area contributed by atoms with Gasteiger partial charge < -0.3 is 10.1 Å². The van der Waals surface area contributed by atoms with E-state index < -0.39 is 0 Å². The topological polar surface area (TPSA) is 21.3 Å². The first kappa shape index (κ1) is 9.97. The molecule has 76 valence electrons. The van der Waals surface area contributed by atoms with Crippen molar-refractivity contribution in [1.82, 2.24) is 5.32 Å². The smallest absolute Gasteiger partial charge is 0.0964 e. The molecule has 1 heterocycles. The van der Waals surface area contributed by atoms with Gasteiger partial charge in [-0.1, -0.05) is 29.8 Å². The third-order valence-corrected chi connectivity index (χ3v) is 2.80. The van der Waals surface area contributed by atoms with Crippen LogP contribution >= 0.6 is 11.6 Å². The van der Waals surface area contributed by atoms with Gasteiger partial charge in [-0.25, -0.2) is 0 Å². The third-order valence-electron chi connectivity index (χ3n) is 2.45. The summed E-state index contributed by atoms with van der Waals surface area (Å²) in [5.41, 5.74) is 1.08. The highest BCUT2D eigenvalue weighted by atomic mass is 35.5. The minimum atomic E-state index is 0.0971. The number of morpholine rings is 1. The zero-order valence-corrected chi connectivity index (χ0v) is 8.92. The number of rotatable bonds is 1. The van der Waals surface area contributed by atoms with Crippen molar-refractivity contribution in [1.29, 1.82) is 0 Å². The van der Waals surface area contributed by atoms with E-state index in [4.69, 9.17) is 16.3 Å². The van der Waals surface area contributed by atoms with E-state index in [-0.39, 0.29) is 6.10 Å². The summed E-state index contributed by atoms with van der Waals surface area (Å²) in [5, 5.41) is 4.16. The lowest BCUT2D eigenvalue weighted by molar-refractivity contribution is 0.00701. The standard InChI is InChI=1S/C11H14ClNO/c1-8-7-14-11(6-13-8)9-4-2-3-5-10(9)12/h2-5,8,11,13H,6-7H2,1H3/t8-,11+/m0/s1. The molecule has 14 heavy (non-hydrogen) atoms. The zero-order chi connectivity index (χ0) is 9.97. The van der Waals surface area contributed by atoms with Crippen LogP contribution in [0.4, 0.5) is 0 Å². The number of nitrogens with one attached hydrogen (secondary N) is 1. The van der Waals surface area contributed by atoms with Crippen LogP contribution < -0.4 is 5.32 Å². The SMILES string of the molecule is C[C@H]1CO[C@@H](c2ccccc2Cl)CN1. The van der Waals surface area contributed by atoms with E-state index in [0.29, 0.717) is 6.04 Å². The van der Waals surface area contributed by atoms with Crippen molar-refractivity contribution in [3.8, 4) is 0 Å². The second-order valence-electron chi connectivity index (χ2n) is 3.65. The maximum absolute atomic E-state index is 6.09. The largest absolute Gasteiger partial charge is 0.371 e. The highest BCUT2D eigenvalue weighted by Crippen LogP contribution is 2.26. The van der Waals surface area contributed by atoms with Gasteiger partial charge in [-0.2, -0.15) is 0 Å². The average Bonchev–Trinajstić information content (AvgIpc) is 2.20. The number of hydrogen-bond acceptors (Lipinski definition) is 2. The molecule has 3 heteroatoms. The predicted molar refractivity (Wildman–Crippen MR) is 57.6 cm³/mol. The van der Waals surface area contributed by atoms with Crippen LogP contribution in [0, 0.1) is 0 Å². The van der Waals surface area contributed by atoms with Crippen LogP contribution in [0.1, 0.15) is 18.6 Å². The lowest BCUT2D eigenvalue weighted by Crippen LogP contribution is -2.40. The molecular weight excluding hydrogens is 198 g/mol. The molecule has 2 rings (SSSR count). The minimum absolute atomic E-state index is 0.0971. The van der Waals surface area contributed by atoms with E-state index in [1.807, 2.05) is 24.3 Å². The molecule has 0 unspecified atom stereocenters. The molecule has 2 atom stereocenters. The first-order valence-electron chi connectivity index (χ1n) is 4.87. The van der Waals surface area contributed by atoms with E-state index >= 15 is 0 Å². The first-order chi connectivity index (χ1) is 6.77. The average molecular weight is 212 g/mol. The van der Waals surface area contributed by atoms with Gasteiger partial charge in [0.15, 0.2) is 0 Å². The maximum atomic E-state index is 6.09. The first-order valence-corrected chi connectivity index (χ1v) is 5.24. The van der Waals surface area contributed by atoms with Gasteiger partial charge in [0.25, 0.3) is 0 Å². The highest BCUT2D eigenvalue weighted by molar-refractivity contribution is 6.31. The van der Waals surface area contributed by atoms with Gasteiger partial charge in [0.1, 0.15) is 0 Å². The second-order valence-corrected chi connectivity index (χ2v) is 4.06. The molecule has 1 aromatic rings. The molecule has 0 amide bonds. The van der Waals surface area contributed by atoms with Crippen LogP contribution in [0.15, 0.2) is 24.3 Å². The van der Waals surface area contributed by atoms with E-state index in [1.54, 1.807) is 0 Å². The second kappa shape index (κ2) is 4.30. The van der Waals surface area contributed by atoms with Crippen molar-refractivity contribution >= 4 is 11.6 Å². The molecule has 0 bridgehead atoms.